The van der Waals surface area contributed by atoms with Crippen molar-refractivity contribution in [1.29, 1.82) is 0 Å². The van der Waals surface area contributed by atoms with Crippen molar-refractivity contribution in [3.63, 3.8) is 0 Å². The molecule has 0 saturated heterocycles. The normalized spacial score (nSPS) is 22.0. The zero-order chi connectivity index (χ0) is 12.3. The average molecular weight is 230 g/mol. The molecule has 0 amide bonds. The molecule has 0 saturated carbocycles. The third-order valence-corrected chi connectivity index (χ3v) is 2.03. The summed E-state index contributed by atoms with van der Waals surface area (Å²) in [5.74, 6) is -1.34. The lowest BCUT2D eigenvalue weighted by molar-refractivity contribution is -0.167. The van der Waals surface area contributed by atoms with Gasteiger partial charge in [0.1, 0.15) is 12.7 Å². The van der Waals surface area contributed by atoms with Gasteiger partial charge in [-0.1, -0.05) is 6.58 Å². The molecule has 2 unspecified atom stereocenters. The predicted octanol–water partition coefficient (Wildman–Crippen LogP) is 0.541. The molecule has 0 radical (unpaired) electrons. The Morgan fingerprint density at radius 3 is 2.75 bits per heavy atom. The molecule has 0 aromatic heterocycles. The van der Waals surface area contributed by atoms with Crippen molar-refractivity contribution in [2.24, 2.45) is 0 Å². The Morgan fingerprint density at radius 1 is 1.69 bits per heavy atom. The fourth-order valence-electron chi connectivity index (χ4n) is 1.15. The lowest BCUT2D eigenvalue weighted by Gasteiger charge is -2.15. The summed E-state index contributed by atoms with van der Waals surface area (Å²) in [4.78, 5) is 11.0. The number of hydrogen-bond donors (Lipinski definition) is 3. The molecule has 0 aliphatic carbocycles. The smallest absolute Gasteiger partial charge is 0.335 e. The Morgan fingerprint density at radius 2 is 2.31 bits per heavy atom. The number of aliphatic hydroxyl groups excluding tert-OH is 3. The molecule has 1 rings (SSSR count). The van der Waals surface area contributed by atoms with Crippen molar-refractivity contribution < 1.29 is 29.6 Å². The van der Waals surface area contributed by atoms with Crippen molar-refractivity contribution in [2.45, 2.75) is 25.7 Å². The second kappa shape index (κ2) is 5.00. The van der Waals surface area contributed by atoms with E-state index in [0.717, 1.165) is 0 Å². The lowest BCUT2D eigenvalue weighted by atomic mass is 10.2. The van der Waals surface area contributed by atoms with Gasteiger partial charge >= 0.3 is 5.97 Å². The van der Waals surface area contributed by atoms with Gasteiger partial charge in [-0.15, -0.1) is 0 Å². The second-order valence-corrected chi connectivity index (χ2v) is 3.51. The van der Waals surface area contributed by atoms with Crippen LogP contribution in [0.5, 0.6) is 0 Å². The quantitative estimate of drug-likeness (QED) is 0.370. The van der Waals surface area contributed by atoms with E-state index in [1.54, 1.807) is 0 Å². The van der Waals surface area contributed by atoms with Gasteiger partial charge in [0.05, 0.1) is 0 Å². The standard InChI is InChI=1S/C10H14O6/c1-5(2)10(14)16-8(12)3-7-9(13)6(11)4-15-7/h7-8,11-13H,1,3-4H2,2H3. The number of carbonyl (C=O) groups is 1. The van der Waals surface area contributed by atoms with Gasteiger partial charge in [0.2, 0.25) is 6.29 Å². The Hall–Kier alpha value is -1.53. The largest absolute Gasteiger partial charge is 0.506 e. The molecule has 0 fully saturated rings. The van der Waals surface area contributed by atoms with Crippen LogP contribution in [-0.4, -0.2) is 40.3 Å². The highest BCUT2D eigenvalue weighted by molar-refractivity contribution is 5.86. The highest BCUT2D eigenvalue weighted by atomic mass is 16.6. The van der Waals surface area contributed by atoms with Crippen LogP contribution < -0.4 is 0 Å². The molecule has 0 spiro atoms. The molecule has 3 N–H and O–H groups in total. The second-order valence-electron chi connectivity index (χ2n) is 3.51. The Balaban J connectivity index is 2.44. The summed E-state index contributed by atoms with van der Waals surface area (Å²) >= 11 is 0. The number of ether oxygens (including phenoxy) is 2. The molecule has 1 aliphatic heterocycles. The van der Waals surface area contributed by atoms with Crippen LogP contribution in [0.15, 0.2) is 23.7 Å². The van der Waals surface area contributed by atoms with Crippen LogP contribution in [0.25, 0.3) is 0 Å². The molecule has 0 bridgehead atoms. The van der Waals surface area contributed by atoms with Gasteiger partial charge in [0, 0.05) is 12.0 Å². The third kappa shape index (κ3) is 2.98. The monoisotopic (exact) mass is 230 g/mol. The molecule has 0 aromatic carbocycles. The maximum Gasteiger partial charge on any atom is 0.335 e. The van der Waals surface area contributed by atoms with Gasteiger partial charge in [0.15, 0.2) is 11.5 Å². The molecule has 16 heavy (non-hydrogen) atoms. The van der Waals surface area contributed by atoms with Gasteiger partial charge in [-0.25, -0.2) is 4.79 Å². The Bertz CT molecular complexity index is 332. The Labute approximate surface area is 92.4 Å². The number of rotatable bonds is 4. The maximum absolute atomic E-state index is 11.0. The summed E-state index contributed by atoms with van der Waals surface area (Å²) in [5, 5.41) is 27.7. The number of hydrogen-bond acceptors (Lipinski definition) is 6. The Kier molecular flexibility index (Phi) is 3.92. The molecule has 6 heteroatoms. The minimum atomic E-state index is -1.41. The summed E-state index contributed by atoms with van der Waals surface area (Å²) in [7, 11) is 0. The first kappa shape index (κ1) is 12.5. The van der Waals surface area contributed by atoms with E-state index in [2.05, 4.69) is 11.3 Å². The van der Waals surface area contributed by atoms with Crippen LogP contribution in [0.3, 0.4) is 0 Å². The van der Waals surface area contributed by atoms with E-state index < -0.39 is 18.4 Å². The molecule has 1 heterocycles. The van der Waals surface area contributed by atoms with E-state index in [1.807, 2.05) is 0 Å². The van der Waals surface area contributed by atoms with Crippen LogP contribution >= 0.6 is 0 Å². The summed E-state index contributed by atoms with van der Waals surface area (Å²) in [6.45, 7) is 4.69. The zero-order valence-electron chi connectivity index (χ0n) is 8.84. The first-order valence-corrected chi connectivity index (χ1v) is 4.69. The lowest BCUT2D eigenvalue weighted by Crippen LogP contribution is -2.25. The topological polar surface area (TPSA) is 96.2 Å². The fraction of sp³-hybridized carbons (Fsp3) is 0.500. The van der Waals surface area contributed by atoms with E-state index in [-0.39, 0.29) is 30.1 Å². The van der Waals surface area contributed by atoms with Gasteiger partial charge in [-0.3, -0.25) is 0 Å². The average Bonchev–Trinajstić information content (AvgIpc) is 2.49. The minimum absolute atomic E-state index is 0.113. The predicted molar refractivity (Wildman–Crippen MR) is 53.6 cm³/mol. The molecule has 6 nitrogen and oxygen atoms in total. The van der Waals surface area contributed by atoms with Gasteiger partial charge < -0.3 is 24.8 Å². The molecular formula is C10H14O6. The van der Waals surface area contributed by atoms with E-state index >= 15 is 0 Å². The van der Waals surface area contributed by atoms with Crippen LogP contribution in [0, 0.1) is 0 Å². The van der Waals surface area contributed by atoms with Crippen LogP contribution in [0.1, 0.15) is 13.3 Å². The molecule has 0 aromatic rings. The number of esters is 1. The highest BCUT2D eigenvalue weighted by Gasteiger charge is 2.29. The van der Waals surface area contributed by atoms with Gasteiger partial charge in [-0.2, -0.15) is 0 Å². The van der Waals surface area contributed by atoms with Crippen molar-refractivity contribution in [2.75, 3.05) is 6.61 Å². The third-order valence-electron chi connectivity index (χ3n) is 2.03. The summed E-state index contributed by atoms with van der Waals surface area (Å²) in [6, 6.07) is 0. The maximum atomic E-state index is 11.0. The van der Waals surface area contributed by atoms with E-state index in [1.165, 1.54) is 6.92 Å². The van der Waals surface area contributed by atoms with Crippen LogP contribution in [0.2, 0.25) is 0 Å². The van der Waals surface area contributed by atoms with E-state index in [9.17, 15) is 15.0 Å². The summed E-state index contributed by atoms with van der Waals surface area (Å²) < 4.78 is 9.52. The SMILES string of the molecule is C=C(C)C(=O)OC(O)CC1OCC(O)=C1O. The number of aliphatic hydroxyl groups is 3. The van der Waals surface area contributed by atoms with Crippen molar-refractivity contribution in [3.8, 4) is 0 Å². The van der Waals surface area contributed by atoms with Crippen LogP contribution in [0.4, 0.5) is 0 Å². The van der Waals surface area contributed by atoms with Crippen molar-refractivity contribution in [1.82, 2.24) is 0 Å². The van der Waals surface area contributed by atoms with Gasteiger partial charge in [0.25, 0.3) is 0 Å². The molecule has 90 valence electrons. The molecule has 2 atom stereocenters. The number of carbonyl (C=O) groups excluding carboxylic acids is 1. The van der Waals surface area contributed by atoms with Gasteiger partial charge in [-0.05, 0) is 6.92 Å². The zero-order valence-corrected chi connectivity index (χ0v) is 8.84. The minimum Gasteiger partial charge on any atom is -0.506 e. The van der Waals surface area contributed by atoms with Crippen molar-refractivity contribution in [3.05, 3.63) is 23.7 Å². The van der Waals surface area contributed by atoms with E-state index in [0.29, 0.717) is 0 Å². The van der Waals surface area contributed by atoms with Crippen LogP contribution in [-0.2, 0) is 14.3 Å². The highest BCUT2D eigenvalue weighted by Crippen LogP contribution is 2.21. The first-order chi connectivity index (χ1) is 7.41. The summed E-state index contributed by atoms with van der Waals surface area (Å²) in [5.41, 5.74) is 0.161. The first-order valence-electron chi connectivity index (χ1n) is 4.69. The van der Waals surface area contributed by atoms with Crippen molar-refractivity contribution >= 4 is 5.97 Å². The molecular weight excluding hydrogens is 216 g/mol. The fourth-order valence-corrected chi connectivity index (χ4v) is 1.15. The summed E-state index contributed by atoms with van der Waals surface area (Å²) in [6.07, 6.45) is -2.41. The molecule has 1 aliphatic rings. The van der Waals surface area contributed by atoms with E-state index in [4.69, 9.17) is 9.84 Å².